The van der Waals surface area contributed by atoms with Gasteiger partial charge in [0.05, 0.1) is 23.3 Å². The minimum absolute atomic E-state index is 0.00216. The highest BCUT2D eigenvalue weighted by Crippen LogP contribution is 2.35. The Morgan fingerprint density at radius 1 is 1.17 bits per heavy atom. The van der Waals surface area contributed by atoms with Crippen LogP contribution in [0.15, 0.2) is 66.7 Å². The van der Waals surface area contributed by atoms with E-state index in [-0.39, 0.29) is 23.6 Å². The summed E-state index contributed by atoms with van der Waals surface area (Å²) in [7, 11) is 1.24. The number of hydrogen-bond acceptors (Lipinski definition) is 5. The molecule has 1 amide bonds. The normalized spacial score (nSPS) is 19.4. The number of carbonyl (C=O) groups excluding carboxylic acids is 2. The van der Waals surface area contributed by atoms with Crippen molar-refractivity contribution in [3.8, 4) is 16.9 Å². The maximum Gasteiger partial charge on any atom is 0.336 e. The molecule has 0 spiro atoms. The highest BCUT2D eigenvalue weighted by atomic mass is 35.5. The number of halogens is 2. The van der Waals surface area contributed by atoms with Crippen molar-refractivity contribution in [2.75, 3.05) is 18.6 Å². The summed E-state index contributed by atoms with van der Waals surface area (Å²) >= 11 is 5.22. The van der Waals surface area contributed by atoms with Crippen LogP contribution < -0.4 is 5.32 Å². The number of nitrogens with one attached hydrogen (secondary N) is 1. The van der Waals surface area contributed by atoms with Crippen molar-refractivity contribution in [1.82, 2.24) is 15.1 Å². The highest BCUT2D eigenvalue weighted by molar-refractivity contribution is 7.91. The predicted octanol–water partition coefficient (Wildman–Crippen LogP) is 4.28. The van der Waals surface area contributed by atoms with Gasteiger partial charge in [0.25, 0.3) is 5.91 Å². The molecule has 0 aliphatic carbocycles. The fourth-order valence-electron chi connectivity index (χ4n) is 4.39. The Hall–Kier alpha value is -3.40. The lowest BCUT2D eigenvalue weighted by Crippen LogP contribution is -2.56. The number of methoxy groups -OCH3 is 1. The molecule has 0 saturated carbocycles. The molecule has 1 saturated heterocycles. The molecule has 2 heterocycles. The van der Waals surface area contributed by atoms with E-state index < -0.39 is 28.6 Å². The van der Waals surface area contributed by atoms with Gasteiger partial charge >= 0.3 is 5.97 Å². The zero-order valence-electron chi connectivity index (χ0n) is 19.2. The SMILES string of the molecule is COC(=O)C1(NC(=O)c2ccc3c(-c4ccccc4Cl)nn(-c4ccc(F)cc4)c3c2)CC[S+]([O-])C1. The van der Waals surface area contributed by atoms with Crippen LogP contribution in [0, 0.1) is 5.82 Å². The second-order valence-corrected chi connectivity index (χ2v) is 10.5. The lowest BCUT2D eigenvalue weighted by Gasteiger charge is -2.24. The van der Waals surface area contributed by atoms with E-state index in [1.807, 2.05) is 18.2 Å². The van der Waals surface area contributed by atoms with E-state index in [0.717, 1.165) is 5.39 Å². The van der Waals surface area contributed by atoms with Gasteiger partial charge in [-0.25, -0.2) is 13.9 Å². The number of benzene rings is 3. The van der Waals surface area contributed by atoms with Gasteiger partial charge in [-0.1, -0.05) is 41.0 Å². The van der Waals surface area contributed by atoms with Crippen LogP contribution in [0.2, 0.25) is 5.02 Å². The van der Waals surface area contributed by atoms with Crippen LogP contribution in [-0.4, -0.2) is 50.4 Å². The Kier molecular flexibility index (Phi) is 6.46. The van der Waals surface area contributed by atoms with E-state index in [1.54, 1.807) is 41.1 Å². The quantitative estimate of drug-likeness (QED) is 0.310. The van der Waals surface area contributed by atoms with Crippen LogP contribution >= 0.6 is 11.6 Å². The molecule has 0 bridgehead atoms. The van der Waals surface area contributed by atoms with Gasteiger partial charge in [0.1, 0.15) is 23.0 Å². The molecule has 36 heavy (non-hydrogen) atoms. The van der Waals surface area contributed by atoms with E-state index in [2.05, 4.69) is 5.32 Å². The molecule has 1 fully saturated rings. The smallest absolute Gasteiger partial charge is 0.336 e. The number of esters is 1. The molecule has 1 N–H and O–H groups in total. The summed E-state index contributed by atoms with van der Waals surface area (Å²) in [5.74, 6) is -1.22. The Morgan fingerprint density at radius 3 is 2.58 bits per heavy atom. The van der Waals surface area contributed by atoms with Gasteiger partial charge in [0.2, 0.25) is 0 Å². The Bertz CT molecular complexity index is 1480. The summed E-state index contributed by atoms with van der Waals surface area (Å²) in [6.07, 6.45) is 0.227. The minimum Gasteiger partial charge on any atom is -0.616 e. The average molecular weight is 526 g/mol. The summed E-state index contributed by atoms with van der Waals surface area (Å²) in [6.45, 7) is 0. The minimum atomic E-state index is -1.34. The van der Waals surface area contributed by atoms with Gasteiger partial charge in [-0.15, -0.1) is 0 Å². The zero-order chi connectivity index (χ0) is 25.4. The standard InChI is InChI=1S/C26H21ClFN3O4S/c1-35-25(33)26(12-13-36(34)15-26)29-24(32)16-6-11-20-22(14-16)31(18-9-7-17(28)8-10-18)30-23(20)19-4-2-3-5-21(19)27/h2-11,14H,12-13,15H2,1H3,(H,29,32). The van der Waals surface area contributed by atoms with Gasteiger partial charge in [-0.3, -0.25) is 4.79 Å². The van der Waals surface area contributed by atoms with Crippen LogP contribution in [0.4, 0.5) is 4.39 Å². The van der Waals surface area contributed by atoms with E-state index in [9.17, 15) is 18.5 Å². The molecular weight excluding hydrogens is 505 g/mol. The molecule has 0 radical (unpaired) electrons. The number of carbonyl (C=O) groups is 2. The zero-order valence-corrected chi connectivity index (χ0v) is 20.7. The molecule has 5 rings (SSSR count). The van der Waals surface area contributed by atoms with Crippen molar-refractivity contribution in [1.29, 1.82) is 0 Å². The molecule has 1 aromatic heterocycles. The van der Waals surface area contributed by atoms with Crippen LogP contribution in [0.25, 0.3) is 27.8 Å². The molecule has 7 nitrogen and oxygen atoms in total. The summed E-state index contributed by atoms with van der Waals surface area (Å²) in [5, 5.41) is 8.76. The summed E-state index contributed by atoms with van der Waals surface area (Å²) in [5.41, 5.74) is 1.42. The van der Waals surface area contributed by atoms with Crippen LogP contribution in [-0.2, 0) is 20.7 Å². The Labute approximate surface area is 214 Å². The van der Waals surface area contributed by atoms with E-state index in [0.29, 0.717) is 33.2 Å². The third-order valence-corrected chi connectivity index (χ3v) is 8.04. The lowest BCUT2D eigenvalue weighted by molar-refractivity contribution is -0.147. The van der Waals surface area contributed by atoms with Crippen LogP contribution in [0.3, 0.4) is 0 Å². The maximum absolute atomic E-state index is 13.6. The first-order valence-corrected chi connectivity index (χ1v) is 13.0. The molecular formula is C26H21ClFN3O4S. The molecule has 4 aromatic rings. The molecule has 184 valence electrons. The number of aromatic nitrogens is 2. The number of fused-ring (bicyclic) bond motifs is 1. The van der Waals surface area contributed by atoms with Gasteiger partial charge < -0.3 is 14.6 Å². The van der Waals surface area contributed by atoms with Crippen LogP contribution in [0.1, 0.15) is 16.8 Å². The van der Waals surface area contributed by atoms with Crippen molar-refractivity contribution in [3.05, 3.63) is 83.1 Å². The van der Waals surface area contributed by atoms with Crippen molar-refractivity contribution in [2.45, 2.75) is 12.0 Å². The predicted molar refractivity (Wildman–Crippen MR) is 136 cm³/mol. The first kappa shape index (κ1) is 24.3. The second-order valence-electron chi connectivity index (χ2n) is 8.51. The topological polar surface area (TPSA) is 96.3 Å². The highest BCUT2D eigenvalue weighted by Gasteiger charge is 2.50. The van der Waals surface area contributed by atoms with Crippen molar-refractivity contribution in [3.63, 3.8) is 0 Å². The molecule has 2 atom stereocenters. The van der Waals surface area contributed by atoms with Crippen molar-refractivity contribution < 1.29 is 23.3 Å². The fourth-order valence-corrected chi connectivity index (χ4v) is 6.22. The number of hydrogen-bond donors (Lipinski definition) is 1. The number of nitrogens with zero attached hydrogens (tertiary/aromatic N) is 2. The Balaban J connectivity index is 1.61. The van der Waals surface area contributed by atoms with Gasteiger partial charge in [-0.05, 0) is 48.5 Å². The largest absolute Gasteiger partial charge is 0.616 e. The molecule has 1 aliphatic rings. The van der Waals surface area contributed by atoms with Gasteiger partial charge in [-0.2, -0.15) is 5.10 Å². The molecule has 3 aromatic carbocycles. The van der Waals surface area contributed by atoms with E-state index in [1.165, 1.54) is 19.2 Å². The third-order valence-electron chi connectivity index (χ3n) is 6.24. The van der Waals surface area contributed by atoms with E-state index >= 15 is 0 Å². The lowest BCUT2D eigenvalue weighted by atomic mass is 9.98. The van der Waals surface area contributed by atoms with Crippen LogP contribution in [0.5, 0.6) is 0 Å². The summed E-state index contributed by atoms with van der Waals surface area (Å²) < 4.78 is 32.2. The Morgan fingerprint density at radius 2 is 1.92 bits per heavy atom. The van der Waals surface area contributed by atoms with Gasteiger partial charge in [0, 0.05) is 22.9 Å². The first-order chi connectivity index (χ1) is 17.3. The third kappa shape index (κ3) is 4.34. The molecule has 10 heteroatoms. The fraction of sp³-hybridized carbons (Fsp3) is 0.192. The average Bonchev–Trinajstić information content (AvgIpc) is 3.45. The monoisotopic (exact) mass is 525 g/mol. The number of amides is 1. The summed E-state index contributed by atoms with van der Waals surface area (Å²) in [4.78, 5) is 25.8. The second kappa shape index (κ2) is 9.57. The van der Waals surface area contributed by atoms with E-state index in [4.69, 9.17) is 21.4 Å². The number of rotatable bonds is 5. The van der Waals surface area contributed by atoms with Crippen molar-refractivity contribution in [2.24, 2.45) is 0 Å². The number of ether oxygens (including phenoxy) is 1. The molecule has 2 unspecified atom stereocenters. The van der Waals surface area contributed by atoms with Crippen molar-refractivity contribution >= 4 is 45.6 Å². The molecule has 1 aliphatic heterocycles. The van der Waals surface area contributed by atoms with Gasteiger partial charge in [0.15, 0.2) is 5.54 Å². The first-order valence-electron chi connectivity index (χ1n) is 11.1. The summed E-state index contributed by atoms with van der Waals surface area (Å²) in [6, 6.07) is 18.2. The maximum atomic E-state index is 13.6.